The third-order valence-corrected chi connectivity index (χ3v) is 2.60. The van der Waals surface area contributed by atoms with Crippen LogP contribution in [0.2, 0.25) is 0 Å². The number of pyridine rings is 1. The Morgan fingerprint density at radius 2 is 2.11 bits per heavy atom. The van der Waals surface area contributed by atoms with Crippen molar-refractivity contribution < 1.29 is 9.84 Å². The Kier molecular flexibility index (Phi) is 4.28. The molecule has 1 aromatic carbocycles. The van der Waals surface area contributed by atoms with Crippen molar-refractivity contribution in [3.8, 4) is 5.75 Å². The van der Waals surface area contributed by atoms with Gasteiger partial charge in [0.25, 0.3) is 0 Å². The molecule has 0 aliphatic carbocycles. The summed E-state index contributed by atoms with van der Waals surface area (Å²) in [6.07, 6.45) is 1.73. The molecule has 3 N–H and O–H groups in total. The first-order valence-corrected chi connectivity index (χ1v) is 5.78. The molecule has 0 aliphatic rings. The summed E-state index contributed by atoms with van der Waals surface area (Å²) in [5.74, 6) is 0.724. The first-order chi connectivity index (χ1) is 8.79. The van der Waals surface area contributed by atoms with Crippen molar-refractivity contribution in [2.24, 2.45) is 5.73 Å². The fourth-order valence-corrected chi connectivity index (χ4v) is 1.58. The number of benzene rings is 1. The van der Waals surface area contributed by atoms with Crippen LogP contribution in [0.5, 0.6) is 5.75 Å². The predicted molar refractivity (Wildman–Crippen MR) is 69.0 cm³/mol. The number of rotatable bonds is 5. The van der Waals surface area contributed by atoms with Crippen LogP contribution in [0.3, 0.4) is 0 Å². The molecule has 0 spiro atoms. The van der Waals surface area contributed by atoms with Crippen molar-refractivity contribution in [3.63, 3.8) is 0 Å². The Labute approximate surface area is 106 Å². The molecule has 2 aromatic rings. The molecule has 2 rings (SSSR count). The first kappa shape index (κ1) is 12.5. The molecule has 1 heterocycles. The quantitative estimate of drug-likeness (QED) is 0.839. The maximum atomic E-state index is 9.01. The van der Waals surface area contributed by atoms with E-state index in [2.05, 4.69) is 4.98 Å². The number of hydrogen-bond acceptors (Lipinski definition) is 4. The minimum atomic E-state index is -0.372. The zero-order chi connectivity index (χ0) is 12.8. The van der Waals surface area contributed by atoms with Crippen molar-refractivity contribution in [2.75, 3.05) is 6.61 Å². The summed E-state index contributed by atoms with van der Waals surface area (Å²) in [5.41, 5.74) is 7.48. The summed E-state index contributed by atoms with van der Waals surface area (Å²) < 4.78 is 5.63. The highest BCUT2D eigenvalue weighted by Gasteiger charge is 2.05. The summed E-state index contributed by atoms with van der Waals surface area (Å²) in [7, 11) is 0. The number of nitrogens with two attached hydrogens (primary N) is 1. The average Bonchev–Trinajstić information content (AvgIpc) is 2.45. The Morgan fingerprint density at radius 1 is 1.22 bits per heavy atom. The van der Waals surface area contributed by atoms with E-state index in [0.29, 0.717) is 6.61 Å². The number of ether oxygens (including phenoxy) is 1. The highest BCUT2D eigenvalue weighted by atomic mass is 16.5. The van der Waals surface area contributed by atoms with Crippen LogP contribution in [0.15, 0.2) is 48.7 Å². The minimum Gasteiger partial charge on any atom is -0.487 e. The molecule has 0 bridgehead atoms. The van der Waals surface area contributed by atoms with E-state index in [9.17, 15) is 0 Å². The standard InChI is InChI=1S/C14H16N2O2/c15-14(9-17)11-4-3-6-13(8-11)18-10-12-5-1-2-7-16-12/h1-8,14,17H,9-10,15H2/t14-/m0/s1. The van der Waals surface area contributed by atoms with E-state index in [4.69, 9.17) is 15.6 Å². The topological polar surface area (TPSA) is 68.4 Å². The minimum absolute atomic E-state index is 0.0797. The van der Waals surface area contributed by atoms with Crippen molar-refractivity contribution in [1.82, 2.24) is 4.98 Å². The molecule has 4 heteroatoms. The van der Waals surface area contributed by atoms with Crippen LogP contribution in [0.1, 0.15) is 17.3 Å². The number of hydrogen-bond donors (Lipinski definition) is 2. The van der Waals surface area contributed by atoms with Crippen LogP contribution in [-0.2, 0) is 6.61 Å². The van der Waals surface area contributed by atoms with Gasteiger partial charge >= 0.3 is 0 Å². The van der Waals surface area contributed by atoms with Crippen LogP contribution in [0, 0.1) is 0 Å². The van der Waals surface area contributed by atoms with Gasteiger partial charge in [0.2, 0.25) is 0 Å². The number of aliphatic hydroxyl groups is 1. The number of aliphatic hydroxyl groups excluding tert-OH is 1. The SMILES string of the molecule is N[C@@H](CO)c1cccc(OCc2ccccn2)c1. The average molecular weight is 244 g/mol. The predicted octanol–water partition coefficient (Wildman–Crippen LogP) is 1.65. The van der Waals surface area contributed by atoms with E-state index >= 15 is 0 Å². The second kappa shape index (κ2) is 6.14. The summed E-state index contributed by atoms with van der Waals surface area (Å²) in [4.78, 5) is 4.18. The molecule has 1 aromatic heterocycles. The van der Waals surface area contributed by atoms with Crippen molar-refractivity contribution in [3.05, 3.63) is 59.9 Å². The van der Waals surface area contributed by atoms with Crippen LogP contribution in [-0.4, -0.2) is 16.7 Å². The fraction of sp³-hybridized carbons (Fsp3) is 0.214. The lowest BCUT2D eigenvalue weighted by molar-refractivity contribution is 0.267. The Bertz CT molecular complexity index is 488. The molecule has 0 unspecified atom stereocenters. The summed E-state index contributed by atoms with van der Waals surface area (Å²) in [6.45, 7) is 0.336. The van der Waals surface area contributed by atoms with E-state index < -0.39 is 0 Å². The van der Waals surface area contributed by atoms with Gasteiger partial charge in [0.1, 0.15) is 12.4 Å². The van der Waals surface area contributed by atoms with Gasteiger partial charge in [0, 0.05) is 6.20 Å². The molecular weight excluding hydrogens is 228 g/mol. The van der Waals surface area contributed by atoms with E-state index in [0.717, 1.165) is 17.0 Å². The number of nitrogens with zero attached hydrogens (tertiary/aromatic N) is 1. The maximum absolute atomic E-state index is 9.01. The normalized spacial score (nSPS) is 12.1. The third-order valence-electron chi connectivity index (χ3n) is 2.60. The van der Waals surface area contributed by atoms with Gasteiger partial charge in [-0.05, 0) is 29.8 Å². The number of aromatic nitrogens is 1. The van der Waals surface area contributed by atoms with Gasteiger partial charge in [-0.2, -0.15) is 0 Å². The lowest BCUT2D eigenvalue weighted by Gasteiger charge is -2.11. The molecular formula is C14H16N2O2. The largest absolute Gasteiger partial charge is 0.487 e. The van der Waals surface area contributed by atoms with E-state index in [-0.39, 0.29) is 12.6 Å². The Hall–Kier alpha value is -1.91. The summed E-state index contributed by atoms with van der Waals surface area (Å²) in [6, 6.07) is 12.7. The monoisotopic (exact) mass is 244 g/mol. The van der Waals surface area contributed by atoms with Crippen molar-refractivity contribution in [1.29, 1.82) is 0 Å². The molecule has 1 atom stereocenters. The highest BCUT2D eigenvalue weighted by molar-refractivity contribution is 5.30. The molecule has 0 saturated heterocycles. The third kappa shape index (κ3) is 3.29. The molecule has 0 fully saturated rings. The fourth-order valence-electron chi connectivity index (χ4n) is 1.58. The molecule has 18 heavy (non-hydrogen) atoms. The van der Waals surface area contributed by atoms with E-state index in [1.165, 1.54) is 0 Å². The van der Waals surface area contributed by atoms with Crippen LogP contribution < -0.4 is 10.5 Å². The zero-order valence-electron chi connectivity index (χ0n) is 9.99. The van der Waals surface area contributed by atoms with Gasteiger partial charge in [-0.15, -0.1) is 0 Å². The first-order valence-electron chi connectivity index (χ1n) is 5.78. The van der Waals surface area contributed by atoms with Gasteiger partial charge < -0.3 is 15.6 Å². The van der Waals surface area contributed by atoms with Crippen LogP contribution >= 0.6 is 0 Å². The molecule has 0 amide bonds. The van der Waals surface area contributed by atoms with Gasteiger partial charge in [-0.25, -0.2) is 0 Å². The molecule has 94 valence electrons. The van der Waals surface area contributed by atoms with E-state index in [1.54, 1.807) is 6.20 Å². The van der Waals surface area contributed by atoms with Crippen molar-refractivity contribution >= 4 is 0 Å². The second-order valence-electron chi connectivity index (χ2n) is 3.97. The molecule has 0 saturated carbocycles. The van der Waals surface area contributed by atoms with E-state index in [1.807, 2.05) is 42.5 Å². The Morgan fingerprint density at radius 3 is 2.83 bits per heavy atom. The van der Waals surface area contributed by atoms with Gasteiger partial charge in [-0.1, -0.05) is 18.2 Å². The lowest BCUT2D eigenvalue weighted by atomic mass is 10.1. The molecule has 4 nitrogen and oxygen atoms in total. The lowest BCUT2D eigenvalue weighted by Crippen LogP contribution is -2.14. The van der Waals surface area contributed by atoms with Gasteiger partial charge in [0.15, 0.2) is 0 Å². The van der Waals surface area contributed by atoms with Gasteiger partial charge in [-0.3, -0.25) is 4.98 Å². The Balaban J connectivity index is 2.01. The van der Waals surface area contributed by atoms with Crippen LogP contribution in [0.25, 0.3) is 0 Å². The summed E-state index contributed by atoms with van der Waals surface area (Å²) >= 11 is 0. The molecule has 0 aliphatic heterocycles. The highest BCUT2D eigenvalue weighted by Crippen LogP contribution is 2.18. The second-order valence-corrected chi connectivity index (χ2v) is 3.97. The zero-order valence-corrected chi connectivity index (χ0v) is 9.99. The van der Waals surface area contributed by atoms with Crippen LogP contribution in [0.4, 0.5) is 0 Å². The summed E-state index contributed by atoms with van der Waals surface area (Å²) in [5, 5.41) is 9.01. The van der Waals surface area contributed by atoms with Crippen molar-refractivity contribution in [2.45, 2.75) is 12.6 Å². The van der Waals surface area contributed by atoms with Gasteiger partial charge in [0.05, 0.1) is 18.3 Å². The maximum Gasteiger partial charge on any atom is 0.130 e. The molecule has 0 radical (unpaired) electrons. The smallest absolute Gasteiger partial charge is 0.130 e.